The number of carbonyl (C=O) groups is 1. The van der Waals surface area contributed by atoms with Crippen LogP contribution in [-0.4, -0.2) is 80.9 Å². The summed E-state index contributed by atoms with van der Waals surface area (Å²) < 4.78 is 59.4. The Balaban J connectivity index is 0.991. The van der Waals surface area contributed by atoms with Gasteiger partial charge in [-0.1, -0.05) is 11.6 Å². The third kappa shape index (κ3) is 9.48. The third-order valence-corrected chi connectivity index (χ3v) is 15.1. The summed E-state index contributed by atoms with van der Waals surface area (Å²) >= 11 is 6.18. The molecule has 3 saturated heterocycles. The lowest BCUT2D eigenvalue weighted by atomic mass is 9.86. The first kappa shape index (κ1) is 41.3. The van der Waals surface area contributed by atoms with E-state index in [0.29, 0.717) is 23.4 Å². The number of sulfonamides is 1. The molecule has 3 aliphatic heterocycles. The Morgan fingerprint density at radius 2 is 1.68 bits per heavy atom. The predicted octanol–water partition coefficient (Wildman–Crippen LogP) is 7.69. The van der Waals surface area contributed by atoms with Gasteiger partial charge in [0, 0.05) is 71.8 Å². The van der Waals surface area contributed by atoms with Crippen LogP contribution in [0, 0.1) is 16.0 Å². The summed E-state index contributed by atoms with van der Waals surface area (Å²) in [5, 5.41) is 16.6. The summed E-state index contributed by atoms with van der Waals surface area (Å²) in [6.45, 7) is 2.61. The molecule has 5 aromatic rings. The molecule has 5 heterocycles. The molecule has 0 aliphatic carbocycles. The number of nitrogens with zero attached hydrogens (tertiary/aromatic N) is 4. The number of nitro groups is 1. The van der Waals surface area contributed by atoms with Gasteiger partial charge in [-0.3, -0.25) is 14.9 Å². The molecule has 60 heavy (non-hydrogen) atoms. The van der Waals surface area contributed by atoms with E-state index in [1.54, 1.807) is 24.4 Å². The number of hydrogen-bond acceptors (Lipinski definition) is 12. The average molecular weight is 876 g/mol. The lowest BCUT2D eigenvalue weighted by Crippen LogP contribution is -2.42. The lowest BCUT2D eigenvalue weighted by molar-refractivity contribution is -0.384. The number of fused-ring (bicyclic) bond motifs is 1. The molecule has 1 atom stereocenters. The molecule has 1 unspecified atom stereocenters. The van der Waals surface area contributed by atoms with E-state index < -0.39 is 41.3 Å². The van der Waals surface area contributed by atoms with Crippen LogP contribution in [0.5, 0.6) is 11.5 Å². The highest BCUT2D eigenvalue weighted by Gasteiger charge is 2.31. The van der Waals surface area contributed by atoms with Crippen molar-refractivity contribution < 1.29 is 31.3 Å². The Morgan fingerprint density at radius 1 is 0.933 bits per heavy atom. The number of hydrogen-bond donors (Lipinski definition) is 3. The van der Waals surface area contributed by atoms with E-state index in [4.69, 9.17) is 16.3 Å². The van der Waals surface area contributed by atoms with Crippen molar-refractivity contribution in [3.05, 3.63) is 106 Å². The van der Waals surface area contributed by atoms with Gasteiger partial charge in [0.2, 0.25) is 0 Å². The molecule has 8 rings (SSSR count). The maximum atomic E-state index is 13.9. The van der Waals surface area contributed by atoms with E-state index in [0.717, 1.165) is 73.5 Å². The number of carbonyl (C=O) groups excluding carboxylic acids is 1. The zero-order valence-electron chi connectivity index (χ0n) is 32.8. The third-order valence-electron chi connectivity index (χ3n) is 11.8. The number of nitrogens with one attached hydrogen (secondary N) is 3. The monoisotopic (exact) mass is 875 g/mol. The average Bonchev–Trinajstić information content (AvgIpc) is 3.70. The molecule has 0 bridgehead atoms. The second kappa shape index (κ2) is 17.3. The molecule has 2 aromatic heterocycles. The number of ether oxygens (including phenoxy) is 1. The molecule has 3 N–H and O–H groups in total. The molecule has 0 radical (unpaired) electrons. The number of aromatic nitrogens is 2. The summed E-state index contributed by atoms with van der Waals surface area (Å²) in [6.07, 6.45) is 10.4. The summed E-state index contributed by atoms with van der Waals surface area (Å²) in [7, 11) is -7.78. The Kier molecular flexibility index (Phi) is 11.9. The van der Waals surface area contributed by atoms with Gasteiger partial charge in [0.05, 0.1) is 33.1 Å². The molecule has 316 valence electrons. The van der Waals surface area contributed by atoms with Gasteiger partial charge in [0.25, 0.3) is 21.6 Å². The highest BCUT2D eigenvalue weighted by atomic mass is 35.5. The minimum absolute atomic E-state index is 0.0479. The number of rotatable bonds is 12. The highest BCUT2D eigenvalue weighted by molar-refractivity contribution is 7.91. The molecular formula is C42H46ClN7O8S2. The Hall–Kier alpha value is -5.39. The van der Waals surface area contributed by atoms with E-state index >= 15 is 0 Å². The number of H-pyrrole nitrogens is 1. The number of sulfone groups is 1. The van der Waals surface area contributed by atoms with Crippen LogP contribution >= 0.6 is 11.6 Å². The van der Waals surface area contributed by atoms with E-state index in [-0.39, 0.29) is 47.4 Å². The lowest BCUT2D eigenvalue weighted by Gasteiger charge is -2.41. The molecule has 3 aromatic carbocycles. The summed E-state index contributed by atoms with van der Waals surface area (Å²) in [6, 6.07) is 20.1. The number of anilines is 3. The SMILES string of the molecule is O=C(NS(=O)(=O)c1ccc(NC2CCS(=O)(=O)CC2)c([N+](=O)[O-])c1)c1ccc(N2CCC(CC3CCCCN3c3ccc(Cl)cc3)CC2)cc1Oc1cnc2[nH]ccc2c1. The van der Waals surface area contributed by atoms with Gasteiger partial charge in [0.15, 0.2) is 0 Å². The Bertz CT molecular complexity index is 2600. The molecule has 0 saturated carbocycles. The predicted molar refractivity (Wildman–Crippen MR) is 232 cm³/mol. The molecule has 18 heteroatoms. The minimum Gasteiger partial charge on any atom is -0.455 e. The number of benzene rings is 3. The van der Waals surface area contributed by atoms with E-state index in [1.165, 1.54) is 36.9 Å². The number of pyridine rings is 1. The van der Waals surface area contributed by atoms with Crippen molar-refractivity contribution in [3.63, 3.8) is 0 Å². The van der Waals surface area contributed by atoms with Gasteiger partial charge in [-0.05, 0) is 118 Å². The molecule has 3 aliphatic rings. The van der Waals surface area contributed by atoms with Gasteiger partial charge >= 0.3 is 0 Å². The number of piperidine rings is 2. The van der Waals surface area contributed by atoms with E-state index in [1.807, 2.05) is 18.2 Å². The summed E-state index contributed by atoms with van der Waals surface area (Å²) in [5.41, 5.74) is 2.13. The smallest absolute Gasteiger partial charge is 0.293 e. The fourth-order valence-corrected chi connectivity index (χ4v) is 11.2. The number of aromatic amines is 1. The fourth-order valence-electron chi connectivity index (χ4n) is 8.55. The highest BCUT2D eigenvalue weighted by Crippen LogP contribution is 2.37. The molecular weight excluding hydrogens is 830 g/mol. The Morgan fingerprint density at radius 3 is 2.43 bits per heavy atom. The minimum atomic E-state index is -4.62. The van der Waals surface area contributed by atoms with Crippen LogP contribution in [0.25, 0.3) is 11.0 Å². The summed E-state index contributed by atoms with van der Waals surface area (Å²) in [5.74, 6) is -0.106. The van der Waals surface area contributed by atoms with Crippen LogP contribution in [0.4, 0.5) is 22.7 Å². The van der Waals surface area contributed by atoms with Crippen LogP contribution in [0.15, 0.2) is 90.1 Å². The first-order chi connectivity index (χ1) is 28.8. The number of halogens is 1. The summed E-state index contributed by atoms with van der Waals surface area (Å²) in [4.78, 5) is 36.9. The van der Waals surface area contributed by atoms with Gasteiger partial charge in [-0.2, -0.15) is 0 Å². The van der Waals surface area contributed by atoms with Crippen molar-refractivity contribution in [2.45, 2.75) is 68.3 Å². The van der Waals surface area contributed by atoms with Crippen LogP contribution in [-0.2, 0) is 19.9 Å². The van der Waals surface area contributed by atoms with E-state index in [2.05, 4.69) is 41.9 Å². The van der Waals surface area contributed by atoms with Gasteiger partial charge in [-0.25, -0.2) is 26.5 Å². The topological polar surface area (TPSA) is 197 Å². The second-order valence-corrected chi connectivity index (χ2v) is 20.2. The van der Waals surface area contributed by atoms with Crippen LogP contribution < -0.4 is 24.6 Å². The zero-order valence-corrected chi connectivity index (χ0v) is 35.1. The van der Waals surface area contributed by atoms with E-state index in [9.17, 15) is 31.7 Å². The van der Waals surface area contributed by atoms with Crippen molar-refractivity contribution >= 4 is 71.2 Å². The zero-order chi connectivity index (χ0) is 42.0. The maximum absolute atomic E-state index is 13.9. The normalized spacial score (nSPS) is 18.9. The van der Waals surface area contributed by atoms with Gasteiger partial charge in [-0.15, -0.1) is 0 Å². The van der Waals surface area contributed by atoms with Gasteiger partial charge in [0.1, 0.15) is 32.7 Å². The number of nitro benzene ring substituents is 1. The Labute approximate surface area is 353 Å². The van der Waals surface area contributed by atoms with Crippen LogP contribution in [0.3, 0.4) is 0 Å². The van der Waals surface area contributed by atoms with Crippen LogP contribution in [0.1, 0.15) is 61.7 Å². The first-order valence-electron chi connectivity index (χ1n) is 20.1. The van der Waals surface area contributed by atoms with Crippen molar-refractivity contribution in [2.24, 2.45) is 5.92 Å². The van der Waals surface area contributed by atoms with Crippen molar-refractivity contribution in [3.8, 4) is 11.5 Å². The molecule has 0 spiro atoms. The number of amides is 1. The second-order valence-electron chi connectivity index (χ2n) is 15.8. The van der Waals surface area contributed by atoms with Crippen LogP contribution in [0.2, 0.25) is 5.02 Å². The fraction of sp³-hybridized carbons (Fsp3) is 0.381. The largest absolute Gasteiger partial charge is 0.455 e. The quantitative estimate of drug-likeness (QED) is 0.0818. The first-order valence-corrected chi connectivity index (χ1v) is 23.8. The standard InChI is InChI=1S/C42H46ClN7O8S2/c43-30-4-6-32(7-5-30)49-18-2-1-3-34(49)23-28-13-19-48(20-14-28)33-8-10-37(40(25-33)58-35-24-29-12-17-44-41(29)45-27-35)42(51)47-60(56,57)36-9-11-38(39(26-36)50(52)53)46-31-15-21-59(54,55)22-16-31/h4-12,17,24-28,31,34,46H,1-3,13-16,18-23H2,(H,44,45)(H,47,51). The van der Waals surface area contributed by atoms with Crippen molar-refractivity contribution in [1.29, 1.82) is 0 Å². The maximum Gasteiger partial charge on any atom is 0.293 e. The van der Waals surface area contributed by atoms with Gasteiger partial charge < -0.3 is 24.8 Å². The molecule has 15 nitrogen and oxygen atoms in total. The van der Waals surface area contributed by atoms with Crippen molar-refractivity contribution in [2.75, 3.05) is 46.3 Å². The molecule has 1 amide bonds. The molecule has 3 fully saturated rings. The van der Waals surface area contributed by atoms with Crippen molar-refractivity contribution in [1.82, 2.24) is 14.7 Å².